The van der Waals surface area contributed by atoms with Gasteiger partial charge >= 0.3 is 0 Å². The molecule has 8 nitrogen and oxygen atoms in total. The molecule has 35 heavy (non-hydrogen) atoms. The summed E-state index contributed by atoms with van der Waals surface area (Å²) in [5.74, 6) is -0.145. The van der Waals surface area contributed by atoms with Gasteiger partial charge in [0, 0.05) is 36.2 Å². The molecular weight excluding hydrogens is 491 g/mol. The van der Waals surface area contributed by atoms with Crippen LogP contribution in [-0.2, 0) is 11.3 Å². The predicted molar refractivity (Wildman–Crippen MR) is 133 cm³/mol. The number of nitrogens with one attached hydrogen (secondary N) is 1. The van der Waals surface area contributed by atoms with E-state index in [0.717, 1.165) is 5.56 Å². The minimum Gasteiger partial charge on any atom is -0.504 e. The van der Waals surface area contributed by atoms with Crippen LogP contribution in [-0.4, -0.2) is 45.4 Å². The van der Waals surface area contributed by atoms with Gasteiger partial charge in [0.2, 0.25) is 11.2 Å². The van der Waals surface area contributed by atoms with Crippen molar-refractivity contribution < 1.29 is 19.4 Å². The second kappa shape index (κ2) is 10.5. The maximum absolute atomic E-state index is 13.4. The molecule has 4 rings (SSSR count). The first-order valence-corrected chi connectivity index (χ1v) is 11.8. The van der Waals surface area contributed by atoms with Crippen molar-refractivity contribution in [2.24, 2.45) is 0 Å². The summed E-state index contributed by atoms with van der Waals surface area (Å²) in [6.07, 6.45) is 2.42. The fourth-order valence-corrected chi connectivity index (χ4v) is 4.46. The third kappa shape index (κ3) is 5.18. The molecule has 0 saturated carbocycles. The van der Waals surface area contributed by atoms with Crippen LogP contribution in [0, 0.1) is 0 Å². The maximum atomic E-state index is 13.4. The zero-order valence-electron chi connectivity index (χ0n) is 19.2. The lowest BCUT2D eigenvalue weighted by molar-refractivity contribution is -0.122. The standard InChI is InChI=1S/C25H24Cl2N4O4/c1-3-5-21(32)29-19(16-6-4-7-20(35-2)23(16)33)13-31-12-15-9-8-14(10-17(15)24(31)34)22-18(26)11-28-25(27)30-22/h4,6-11,19,33H,3,5,12-13H2,1-2H3,(H,29,32)/t19-/m0/s1. The molecule has 1 aliphatic heterocycles. The normalized spacial score (nSPS) is 13.5. The lowest BCUT2D eigenvalue weighted by atomic mass is 10.0. The number of aromatic hydroxyl groups is 1. The largest absolute Gasteiger partial charge is 0.504 e. The highest BCUT2D eigenvalue weighted by molar-refractivity contribution is 6.33. The Morgan fingerprint density at radius 3 is 2.83 bits per heavy atom. The molecule has 182 valence electrons. The summed E-state index contributed by atoms with van der Waals surface area (Å²) >= 11 is 12.2. The molecule has 0 aliphatic carbocycles. The number of rotatable bonds is 8. The molecular formula is C25H24Cl2N4O4. The molecule has 1 aromatic heterocycles. The van der Waals surface area contributed by atoms with Crippen LogP contribution in [0.2, 0.25) is 10.3 Å². The van der Waals surface area contributed by atoms with Crippen LogP contribution in [0.15, 0.2) is 42.6 Å². The number of hydrogen-bond donors (Lipinski definition) is 2. The molecule has 0 spiro atoms. The number of aromatic nitrogens is 2. The quantitative estimate of drug-likeness (QED) is 0.419. The highest BCUT2D eigenvalue weighted by Gasteiger charge is 2.32. The highest BCUT2D eigenvalue weighted by atomic mass is 35.5. The van der Waals surface area contributed by atoms with Crippen LogP contribution < -0.4 is 10.1 Å². The van der Waals surface area contributed by atoms with E-state index in [1.165, 1.54) is 13.3 Å². The Hall–Kier alpha value is -3.36. The molecule has 2 aromatic carbocycles. The van der Waals surface area contributed by atoms with Gasteiger partial charge in [-0.15, -0.1) is 0 Å². The summed E-state index contributed by atoms with van der Waals surface area (Å²) in [5, 5.41) is 14.0. The number of hydrogen-bond acceptors (Lipinski definition) is 6. The zero-order chi connectivity index (χ0) is 25.1. The average molecular weight is 515 g/mol. The number of para-hydroxylation sites is 1. The molecule has 3 aromatic rings. The number of phenolic OH excluding ortho intramolecular Hbond substituents is 1. The van der Waals surface area contributed by atoms with Crippen molar-refractivity contribution in [1.82, 2.24) is 20.2 Å². The van der Waals surface area contributed by atoms with Gasteiger partial charge in [0.05, 0.1) is 30.1 Å². The summed E-state index contributed by atoms with van der Waals surface area (Å²) < 4.78 is 5.23. The number of methoxy groups -OCH3 is 1. The van der Waals surface area contributed by atoms with E-state index >= 15 is 0 Å². The van der Waals surface area contributed by atoms with Crippen molar-refractivity contribution in [2.45, 2.75) is 32.4 Å². The predicted octanol–water partition coefficient (Wildman–Crippen LogP) is 4.78. The SMILES string of the molecule is CCCC(=O)N[C@@H](CN1Cc2ccc(-c3nc(Cl)ncc3Cl)cc2C1=O)c1cccc(OC)c1O. The Bertz CT molecular complexity index is 1280. The molecule has 1 atom stereocenters. The van der Waals surface area contributed by atoms with E-state index in [1.54, 1.807) is 29.2 Å². The van der Waals surface area contributed by atoms with Gasteiger partial charge in [-0.2, -0.15) is 0 Å². The van der Waals surface area contributed by atoms with E-state index in [-0.39, 0.29) is 29.4 Å². The molecule has 10 heteroatoms. The third-order valence-electron chi connectivity index (χ3n) is 5.82. The number of nitrogens with zero attached hydrogens (tertiary/aromatic N) is 3. The van der Waals surface area contributed by atoms with E-state index in [4.69, 9.17) is 27.9 Å². The van der Waals surface area contributed by atoms with Gasteiger partial charge in [-0.1, -0.05) is 42.8 Å². The molecule has 0 saturated heterocycles. The van der Waals surface area contributed by atoms with Crippen LogP contribution >= 0.6 is 23.2 Å². The number of carbonyl (C=O) groups excluding carboxylic acids is 2. The second-order valence-electron chi connectivity index (χ2n) is 8.16. The smallest absolute Gasteiger partial charge is 0.254 e. The van der Waals surface area contributed by atoms with Gasteiger partial charge in [0.15, 0.2) is 11.5 Å². The van der Waals surface area contributed by atoms with Gasteiger partial charge in [-0.25, -0.2) is 9.97 Å². The first kappa shape index (κ1) is 24.8. The number of ether oxygens (including phenoxy) is 1. The Kier molecular flexibility index (Phi) is 7.42. The summed E-state index contributed by atoms with van der Waals surface area (Å²) in [6, 6.07) is 9.86. The van der Waals surface area contributed by atoms with Crippen molar-refractivity contribution in [2.75, 3.05) is 13.7 Å². The van der Waals surface area contributed by atoms with Crippen molar-refractivity contribution in [3.05, 3.63) is 69.6 Å². The molecule has 0 fully saturated rings. The van der Waals surface area contributed by atoms with E-state index in [2.05, 4.69) is 15.3 Å². The number of amides is 2. The Morgan fingerprint density at radius 1 is 1.29 bits per heavy atom. The van der Waals surface area contributed by atoms with Crippen molar-refractivity contribution in [1.29, 1.82) is 0 Å². The van der Waals surface area contributed by atoms with E-state index in [1.807, 2.05) is 19.1 Å². The van der Waals surface area contributed by atoms with Gasteiger partial charge in [0.1, 0.15) is 0 Å². The number of benzene rings is 2. The average Bonchev–Trinajstić information content (AvgIpc) is 3.15. The van der Waals surface area contributed by atoms with Crippen LogP contribution in [0.25, 0.3) is 11.3 Å². The Balaban J connectivity index is 1.63. The number of carbonyl (C=O) groups is 2. The van der Waals surface area contributed by atoms with Crippen molar-refractivity contribution >= 4 is 35.0 Å². The molecule has 2 N–H and O–H groups in total. The lowest BCUT2D eigenvalue weighted by Crippen LogP contribution is -2.38. The van der Waals surface area contributed by atoms with E-state index < -0.39 is 6.04 Å². The fourth-order valence-electron chi connectivity index (χ4n) is 4.12. The summed E-state index contributed by atoms with van der Waals surface area (Å²) in [6.45, 7) is 2.43. The third-order valence-corrected chi connectivity index (χ3v) is 6.28. The van der Waals surface area contributed by atoms with Crippen molar-refractivity contribution in [3.8, 4) is 22.8 Å². The van der Waals surface area contributed by atoms with E-state index in [9.17, 15) is 14.7 Å². The molecule has 2 heterocycles. The van der Waals surface area contributed by atoms with Crippen molar-refractivity contribution in [3.63, 3.8) is 0 Å². The number of fused-ring (bicyclic) bond motifs is 1. The highest BCUT2D eigenvalue weighted by Crippen LogP contribution is 2.36. The zero-order valence-corrected chi connectivity index (χ0v) is 20.7. The summed E-state index contributed by atoms with van der Waals surface area (Å²) in [5.41, 5.74) is 2.91. The van der Waals surface area contributed by atoms with Gasteiger partial charge in [-0.05, 0) is 35.7 Å². The first-order chi connectivity index (χ1) is 16.8. The summed E-state index contributed by atoms with van der Waals surface area (Å²) in [4.78, 5) is 35.5. The lowest BCUT2D eigenvalue weighted by Gasteiger charge is -2.26. The van der Waals surface area contributed by atoms with Crippen LogP contribution in [0.5, 0.6) is 11.5 Å². The second-order valence-corrected chi connectivity index (χ2v) is 8.91. The molecule has 2 amide bonds. The Labute approximate surface area is 212 Å². The molecule has 0 radical (unpaired) electrons. The van der Waals surface area contributed by atoms with Crippen LogP contribution in [0.3, 0.4) is 0 Å². The monoisotopic (exact) mass is 514 g/mol. The number of halogens is 2. The molecule has 1 aliphatic rings. The minimum atomic E-state index is -0.628. The maximum Gasteiger partial charge on any atom is 0.254 e. The Morgan fingerprint density at radius 2 is 2.09 bits per heavy atom. The summed E-state index contributed by atoms with van der Waals surface area (Å²) in [7, 11) is 1.46. The van der Waals surface area contributed by atoms with Crippen LogP contribution in [0.4, 0.5) is 0 Å². The fraction of sp³-hybridized carbons (Fsp3) is 0.280. The number of phenols is 1. The van der Waals surface area contributed by atoms with Gasteiger partial charge in [0.25, 0.3) is 5.91 Å². The van der Waals surface area contributed by atoms with Gasteiger partial charge < -0.3 is 20.1 Å². The first-order valence-electron chi connectivity index (χ1n) is 11.1. The van der Waals surface area contributed by atoms with E-state index in [0.29, 0.717) is 52.5 Å². The van der Waals surface area contributed by atoms with Gasteiger partial charge in [-0.3, -0.25) is 9.59 Å². The van der Waals surface area contributed by atoms with Crippen LogP contribution in [0.1, 0.15) is 47.3 Å². The topological polar surface area (TPSA) is 105 Å². The molecule has 0 bridgehead atoms. The minimum absolute atomic E-state index is 0.0570. The molecule has 0 unspecified atom stereocenters.